The molecular formula is C27H43N3. The van der Waals surface area contributed by atoms with Crippen LogP contribution in [0.4, 0.5) is 5.69 Å². The molecule has 0 radical (unpaired) electrons. The van der Waals surface area contributed by atoms with Gasteiger partial charge in [0.25, 0.3) is 0 Å². The Labute approximate surface area is 184 Å². The lowest BCUT2D eigenvalue weighted by Gasteiger charge is -2.50. The maximum atomic E-state index is 2.81. The van der Waals surface area contributed by atoms with Crippen LogP contribution in [-0.2, 0) is 6.54 Å². The Morgan fingerprint density at radius 1 is 0.800 bits per heavy atom. The molecule has 0 bridgehead atoms. The van der Waals surface area contributed by atoms with Crippen LogP contribution in [0.5, 0.6) is 0 Å². The van der Waals surface area contributed by atoms with Crippen LogP contribution in [0.2, 0.25) is 0 Å². The fourth-order valence-electron chi connectivity index (χ4n) is 6.63. The van der Waals surface area contributed by atoms with Crippen LogP contribution in [0.25, 0.3) is 0 Å². The van der Waals surface area contributed by atoms with E-state index >= 15 is 0 Å². The van der Waals surface area contributed by atoms with E-state index in [4.69, 9.17) is 0 Å². The van der Waals surface area contributed by atoms with Crippen molar-refractivity contribution < 1.29 is 0 Å². The Bertz CT molecular complexity index is 662. The van der Waals surface area contributed by atoms with Gasteiger partial charge < -0.3 is 9.80 Å². The number of benzene rings is 1. The SMILES string of the molecule is CCC1CCCCN1Cc1ccc(N2CCC3(CC2)CCN(C2CCC2)CC3)cc1. The Morgan fingerprint density at radius 3 is 2.13 bits per heavy atom. The minimum atomic E-state index is 0.653. The first-order chi connectivity index (χ1) is 14.7. The lowest BCUT2D eigenvalue weighted by Crippen LogP contribution is -2.50. The highest BCUT2D eigenvalue weighted by molar-refractivity contribution is 5.48. The quantitative estimate of drug-likeness (QED) is 0.619. The molecule has 4 fully saturated rings. The molecule has 1 aromatic carbocycles. The molecule has 30 heavy (non-hydrogen) atoms. The van der Waals surface area contributed by atoms with Crippen LogP contribution in [0.15, 0.2) is 24.3 Å². The van der Waals surface area contributed by atoms with Crippen molar-refractivity contribution in [3.8, 4) is 0 Å². The van der Waals surface area contributed by atoms with Crippen LogP contribution >= 0.6 is 0 Å². The van der Waals surface area contributed by atoms with Gasteiger partial charge in [-0.1, -0.05) is 31.9 Å². The van der Waals surface area contributed by atoms with Crippen LogP contribution < -0.4 is 4.90 Å². The second kappa shape index (κ2) is 9.20. The van der Waals surface area contributed by atoms with E-state index in [0.717, 1.165) is 18.6 Å². The van der Waals surface area contributed by atoms with Crippen LogP contribution in [-0.4, -0.2) is 54.6 Å². The fourth-order valence-corrected chi connectivity index (χ4v) is 6.63. The molecule has 5 rings (SSSR count). The summed E-state index contributed by atoms with van der Waals surface area (Å²) in [4.78, 5) is 8.19. The third kappa shape index (κ3) is 4.43. The molecule has 1 unspecified atom stereocenters. The summed E-state index contributed by atoms with van der Waals surface area (Å²) in [6.45, 7) is 10.0. The molecule has 3 nitrogen and oxygen atoms in total. The van der Waals surface area contributed by atoms with Crippen molar-refractivity contribution in [3.63, 3.8) is 0 Å². The molecule has 3 saturated heterocycles. The van der Waals surface area contributed by atoms with Crippen molar-refractivity contribution in [2.75, 3.05) is 37.6 Å². The normalized spacial score (nSPS) is 28.6. The van der Waals surface area contributed by atoms with E-state index in [-0.39, 0.29) is 0 Å². The second-order valence-electron chi connectivity index (χ2n) is 10.8. The minimum absolute atomic E-state index is 0.653. The molecule has 3 aliphatic heterocycles. The van der Waals surface area contributed by atoms with Crippen molar-refractivity contribution in [1.82, 2.24) is 9.80 Å². The Hall–Kier alpha value is -1.06. The van der Waals surface area contributed by atoms with E-state index in [0.29, 0.717) is 5.41 Å². The maximum absolute atomic E-state index is 2.81. The summed E-state index contributed by atoms with van der Waals surface area (Å²) in [5, 5.41) is 0. The van der Waals surface area contributed by atoms with Gasteiger partial charge in [0.05, 0.1) is 0 Å². The number of hydrogen-bond acceptors (Lipinski definition) is 3. The molecule has 1 spiro atoms. The van der Waals surface area contributed by atoms with Crippen molar-refractivity contribution in [1.29, 1.82) is 0 Å². The first-order valence-corrected chi connectivity index (χ1v) is 13.1. The monoisotopic (exact) mass is 409 g/mol. The summed E-state index contributed by atoms with van der Waals surface area (Å²) in [7, 11) is 0. The zero-order chi connectivity index (χ0) is 20.4. The lowest BCUT2D eigenvalue weighted by molar-refractivity contribution is 0.0306. The molecule has 1 saturated carbocycles. The van der Waals surface area contributed by atoms with Gasteiger partial charge in [0.1, 0.15) is 0 Å². The minimum Gasteiger partial charge on any atom is -0.371 e. The molecule has 1 aromatic rings. The summed E-state index contributed by atoms with van der Waals surface area (Å²) in [6, 6.07) is 11.3. The molecule has 166 valence electrons. The first kappa shape index (κ1) is 20.8. The van der Waals surface area contributed by atoms with E-state index in [1.807, 2.05) is 0 Å². The van der Waals surface area contributed by atoms with Crippen molar-refractivity contribution in [2.24, 2.45) is 5.41 Å². The highest BCUT2D eigenvalue weighted by Crippen LogP contribution is 2.43. The van der Waals surface area contributed by atoms with Crippen molar-refractivity contribution >= 4 is 5.69 Å². The topological polar surface area (TPSA) is 9.72 Å². The van der Waals surface area contributed by atoms with Crippen LogP contribution in [0, 0.1) is 5.41 Å². The van der Waals surface area contributed by atoms with Crippen LogP contribution in [0.1, 0.15) is 83.1 Å². The van der Waals surface area contributed by atoms with Gasteiger partial charge in [0, 0.05) is 37.4 Å². The zero-order valence-electron chi connectivity index (χ0n) is 19.3. The Kier molecular flexibility index (Phi) is 6.39. The van der Waals surface area contributed by atoms with Crippen LogP contribution in [0.3, 0.4) is 0 Å². The summed E-state index contributed by atoms with van der Waals surface area (Å²) < 4.78 is 0. The molecule has 1 atom stereocenters. The van der Waals surface area contributed by atoms with E-state index in [9.17, 15) is 0 Å². The number of rotatable bonds is 5. The molecule has 3 heteroatoms. The molecule has 0 amide bonds. The molecular weight excluding hydrogens is 366 g/mol. The van der Waals surface area contributed by atoms with Crippen molar-refractivity contribution in [3.05, 3.63) is 29.8 Å². The summed E-state index contributed by atoms with van der Waals surface area (Å²) in [6.07, 6.45) is 15.6. The number of hydrogen-bond donors (Lipinski definition) is 0. The third-order valence-corrected chi connectivity index (χ3v) is 9.18. The fraction of sp³-hybridized carbons (Fsp3) is 0.778. The average molecular weight is 410 g/mol. The largest absolute Gasteiger partial charge is 0.371 e. The first-order valence-electron chi connectivity index (χ1n) is 13.1. The van der Waals surface area contributed by atoms with Gasteiger partial charge in [-0.3, -0.25) is 4.90 Å². The summed E-state index contributed by atoms with van der Waals surface area (Å²) >= 11 is 0. The average Bonchev–Trinajstić information content (AvgIpc) is 2.76. The molecule has 4 aliphatic rings. The van der Waals surface area contributed by atoms with Gasteiger partial charge in [-0.25, -0.2) is 0 Å². The maximum Gasteiger partial charge on any atom is 0.0366 e. The van der Waals surface area contributed by atoms with Gasteiger partial charge in [0.15, 0.2) is 0 Å². The summed E-state index contributed by atoms with van der Waals surface area (Å²) in [5.41, 5.74) is 3.60. The van der Waals surface area contributed by atoms with E-state index < -0.39 is 0 Å². The highest BCUT2D eigenvalue weighted by atomic mass is 15.2. The molecule has 0 aromatic heterocycles. The standard InChI is InChI=1S/C27H43N3/c1-2-24-6-3-4-17-30(24)22-23-9-11-26(12-10-23)29-20-15-27(16-21-29)13-18-28(19-14-27)25-7-5-8-25/h9-12,24-25H,2-8,13-22H2,1H3. The number of anilines is 1. The highest BCUT2D eigenvalue weighted by Gasteiger charge is 2.39. The van der Waals surface area contributed by atoms with Gasteiger partial charge in [0.2, 0.25) is 0 Å². The van der Waals surface area contributed by atoms with Gasteiger partial charge in [-0.2, -0.15) is 0 Å². The number of likely N-dealkylation sites (tertiary alicyclic amines) is 2. The van der Waals surface area contributed by atoms with E-state index in [1.165, 1.54) is 115 Å². The Morgan fingerprint density at radius 2 is 1.50 bits per heavy atom. The van der Waals surface area contributed by atoms with E-state index in [1.54, 1.807) is 0 Å². The summed E-state index contributed by atoms with van der Waals surface area (Å²) in [5.74, 6) is 0. The molecule has 1 aliphatic carbocycles. The second-order valence-corrected chi connectivity index (χ2v) is 10.8. The number of piperidine rings is 3. The van der Waals surface area contributed by atoms with Gasteiger partial charge in [-0.15, -0.1) is 0 Å². The predicted molar refractivity (Wildman–Crippen MR) is 127 cm³/mol. The lowest BCUT2D eigenvalue weighted by atomic mass is 9.70. The Balaban J connectivity index is 1.12. The zero-order valence-corrected chi connectivity index (χ0v) is 19.3. The smallest absolute Gasteiger partial charge is 0.0366 e. The van der Waals surface area contributed by atoms with Crippen molar-refractivity contribution in [2.45, 2.75) is 96.2 Å². The molecule has 3 heterocycles. The van der Waals surface area contributed by atoms with Gasteiger partial charge in [-0.05, 0) is 101 Å². The number of nitrogens with zero attached hydrogens (tertiary/aromatic N) is 3. The van der Waals surface area contributed by atoms with Gasteiger partial charge >= 0.3 is 0 Å². The third-order valence-electron chi connectivity index (χ3n) is 9.18. The van der Waals surface area contributed by atoms with E-state index in [2.05, 4.69) is 45.9 Å². The molecule has 0 N–H and O–H groups in total. The predicted octanol–water partition coefficient (Wildman–Crippen LogP) is 5.69.